The standard InChI is InChI=1S/C37H40N2O5/c1-2-3-14-30(25-27-12-6-4-7-13-27)36(41)38-23-24-44-31-21-19-28(20-22-31)26-34(37(42)43)39-33-18-11-10-17-32(33)35(40)29-15-8-5-9-16-29/h4-13,15-22,30,34,39H,2-3,14,23-26H2,1H3,(H,38,41)(H,42,43). The van der Waals surface area contributed by atoms with E-state index in [1.807, 2.05) is 36.4 Å². The molecular weight excluding hydrogens is 552 g/mol. The van der Waals surface area contributed by atoms with Crippen molar-refractivity contribution in [3.8, 4) is 5.75 Å². The summed E-state index contributed by atoms with van der Waals surface area (Å²) in [6, 6.07) is 32.2. The van der Waals surface area contributed by atoms with E-state index in [9.17, 15) is 19.5 Å². The molecule has 1 amide bonds. The summed E-state index contributed by atoms with van der Waals surface area (Å²) in [6.07, 6.45) is 3.82. The highest BCUT2D eigenvalue weighted by Crippen LogP contribution is 2.22. The van der Waals surface area contributed by atoms with E-state index in [1.165, 1.54) is 0 Å². The SMILES string of the molecule is CCCCC(Cc1ccccc1)C(=O)NCCOc1ccc(CC(Nc2ccccc2C(=O)c2ccccc2)C(=O)O)cc1. The molecule has 2 unspecified atom stereocenters. The lowest BCUT2D eigenvalue weighted by Crippen LogP contribution is -2.34. The maximum Gasteiger partial charge on any atom is 0.326 e. The summed E-state index contributed by atoms with van der Waals surface area (Å²) in [7, 11) is 0. The van der Waals surface area contributed by atoms with Gasteiger partial charge in [0.15, 0.2) is 5.78 Å². The van der Waals surface area contributed by atoms with E-state index in [0.29, 0.717) is 35.7 Å². The topological polar surface area (TPSA) is 105 Å². The maximum atomic E-state index is 13.1. The van der Waals surface area contributed by atoms with E-state index in [4.69, 9.17) is 4.74 Å². The van der Waals surface area contributed by atoms with Crippen LogP contribution in [0.1, 0.15) is 53.2 Å². The van der Waals surface area contributed by atoms with Gasteiger partial charge in [-0.25, -0.2) is 4.79 Å². The summed E-state index contributed by atoms with van der Waals surface area (Å²) in [6.45, 7) is 2.84. The number of rotatable bonds is 17. The Hall–Kier alpha value is -4.91. The van der Waals surface area contributed by atoms with E-state index in [2.05, 4.69) is 29.7 Å². The van der Waals surface area contributed by atoms with Crippen molar-refractivity contribution < 1.29 is 24.2 Å². The van der Waals surface area contributed by atoms with Gasteiger partial charge >= 0.3 is 5.97 Å². The zero-order valence-electron chi connectivity index (χ0n) is 25.1. The molecular formula is C37H40N2O5. The van der Waals surface area contributed by atoms with Gasteiger partial charge in [-0.3, -0.25) is 9.59 Å². The quantitative estimate of drug-likeness (QED) is 0.0947. The van der Waals surface area contributed by atoms with E-state index in [-0.39, 0.29) is 24.0 Å². The van der Waals surface area contributed by atoms with Crippen LogP contribution in [0.4, 0.5) is 5.69 Å². The van der Waals surface area contributed by atoms with Gasteiger partial charge in [-0.05, 0) is 48.2 Å². The summed E-state index contributed by atoms with van der Waals surface area (Å²) in [5.74, 6) is -0.597. The number of carbonyl (C=O) groups excluding carboxylic acids is 2. The molecule has 0 saturated heterocycles. The summed E-state index contributed by atoms with van der Waals surface area (Å²) < 4.78 is 5.84. The maximum absolute atomic E-state index is 13.1. The van der Waals surface area contributed by atoms with Crippen LogP contribution in [0.2, 0.25) is 0 Å². The molecule has 0 aliphatic carbocycles. The molecule has 0 bridgehead atoms. The molecule has 0 radical (unpaired) electrons. The van der Waals surface area contributed by atoms with Crippen molar-refractivity contribution in [2.45, 2.75) is 45.1 Å². The third kappa shape index (κ3) is 9.56. The lowest BCUT2D eigenvalue weighted by atomic mass is 9.93. The van der Waals surface area contributed by atoms with Crippen molar-refractivity contribution >= 4 is 23.3 Å². The smallest absolute Gasteiger partial charge is 0.326 e. The van der Waals surface area contributed by atoms with Crippen molar-refractivity contribution in [2.75, 3.05) is 18.5 Å². The fraction of sp³-hybridized carbons (Fsp3) is 0.270. The number of carbonyl (C=O) groups is 3. The molecule has 0 spiro atoms. The van der Waals surface area contributed by atoms with Crippen molar-refractivity contribution in [2.24, 2.45) is 5.92 Å². The number of unbranched alkanes of at least 4 members (excludes halogenated alkanes) is 1. The number of benzene rings is 4. The second-order valence-corrected chi connectivity index (χ2v) is 10.8. The lowest BCUT2D eigenvalue weighted by molar-refractivity contribution is -0.137. The molecule has 44 heavy (non-hydrogen) atoms. The minimum Gasteiger partial charge on any atom is -0.492 e. The molecule has 0 aromatic heterocycles. The molecule has 3 N–H and O–H groups in total. The number of nitrogens with one attached hydrogen (secondary N) is 2. The van der Waals surface area contributed by atoms with E-state index >= 15 is 0 Å². The molecule has 0 fully saturated rings. The predicted molar refractivity (Wildman–Crippen MR) is 173 cm³/mol. The van der Waals surface area contributed by atoms with Gasteiger partial charge in [0.25, 0.3) is 0 Å². The third-order valence-electron chi connectivity index (χ3n) is 7.47. The second kappa shape index (κ2) is 16.7. The molecule has 7 heteroatoms. The zero-order valence-corrected chi connectivity index (χ0v) is 25.1. The van der Waals surface area contributed by atoms with Crippen LogP contribution in [0, 0.1) is 5.92 Å². The normalized spacial score (nSPS) is 12.1. The first-order valence-corrected chi connectivity index (χ1v) is 15.2. The summed E-state index contributed by atoms with van der Waals surface area (Å²) >= 11 is 0. The molecule has 7 nitrogen and oxygen atoms in total. The minimum absolute atomic E-state index is 0.0421. The Bertz CT molecular complexity index is 1490. The summed E-state index contributed by atoms with van der Waals surface area (Å²) in [4.78, 5) is 38.1. The Morgan fingerprint density at radius 3 is 2.09 bits per heavy atom. The van der Waals surface area contributed by atoms with E-state index < -0.39 is 12.0 Å². The van der Waals surface area contributed by atoms with Crippen molar-refractivity contribution in [1.82, 2.24) is 5.32 Å². The van der Waals surface area contributed by atoms with Gasteiger partial charge in [-0.2, -0.15) is 0 Å². The molecule has 0 heterocycles. The second-order valence-electron chi connectivity index (χ2n) is 10.8. The number of hydrogen-bond acceptors (Lipinski definition) is 5. The van der Waals surface area contributed by atoms with Crippen molar-refractivity contribution in [1.29, 1.82) is 0 Å². The van der Waals surface area contributed by atoms with E-state index in [0.717, 1.165) is 36.8 Å². The molecule has 228 valence electrons. The Morgan fingerprint density at radius 2 is 1.41 bits per heavy atom. The first-order chi connectivity index (χ1) is 21.4. The van der Waals surface area contributed by atoms with Crippen LogP contribution in [0.15, 0.2) is 109 Å². The molecule has 0 aliphatic heterocycles. The van der Waals surface area contributed by atoms with Crippen molar-refractivity contribution in [3.63, 3.8) is 0 Å². The van der Waals surface area contributed by atoms with Gasteiger partial charge in [0.05, 0.1) is 6.54 Å². The number of carboxylic acids is 1. The number of aliphatic carboxylic acids is 1. The average molecular weight is 593 g/mol. The Morgan fingerprint density at radius 1 is 0.773 bits per heavy atom. The lowest BCUT2D eigenvalue weighted by Gasteiger charge is -2.18. The predicted octanol–water partition coefficient (Wildman–Crippen LogP) is 6.57. The highest BCUT2D eigenvalue weighted by atomic mass is 16.5. The number of amides is 1. The van der Waals surface area contributed by atoms with Gasteiger partial charge in [-0.15, -0.1) is 0 Å². The zero-order chi connectivity index (χ0) is 31.1. The minimum atomic E-state index is -1.02. The molecule has 2 atom stereocenters. The average Bonchev–Trinajstić information content (AvgIpc) is 3.06. The van der Waals surface area contributed by atoms with Crippen LogP contribution in [0.3, 0.4) is 0 Å². The number of carboxylic acid groups (broad SMARTS) is 1. The highest BCUT2D eigenvalue weighted by molar-refractivity contribution is 6.12. The van der Waals surface area contributed by atoms with Crippen LogP contribution in [-0.4, -0.2) is 42.0 Å². The summed E-state index contributed by atoms with van der Waals surface area (Å²) in [5.41, 5.74) is 3.38. The van der Waals surface area contributed by atoms with Gasteiger partial charge in [0, 0.05) is 29.2 Å². The van der Waals surface area contributed by atoms with Crippen molar-refractivity contribution in [3.05, 3.63) is 131 Å². The number of anilines is 1. The van der Waals surface area contributed by atoms with Crippen LogP contribution in [0.5, 0.6) is 5.75 Å². The number of ketones is 1. The first-order valence-electron chi connectivity index (χ1n) is 15.2. The highest BCUT2D eigenvalue weighted by Gasteiger charge is 2.22. The monoisotopic (exact) mass is 592 g/mol. The van der Waals surface area contributed by atoms with Crippen LogP contribution in [-0.2, 0) is 22.4 Å². The largest absolute Gasteiger partial charge is 0.492 e. The molecule has 4 aromatic rings. The first kappa shape index (κ1) is 32.0. The van der Waals surface area contributed by atoms with E-state index in [1.54, 1.807) is 60.7 Å². The van der Waals surface area contributed by atoms with Gasteiger partial charge in [-0.1, -0.05) is 105 Å². The Labute approximate surface area is 259 Å². The molecule has 0 aliphatic rings. The number of ether oxygens (including phenoxy) is 1. The van der Waals surface area contributed by atoms with Gasteiger partial charge < -0.3 is 20.5 Å². The van der Waals surface area contributed by atoms with Gasteiger partial charge in [0.1, 0.15) is 18.4 Å². The molecule has 4 aromatic carbocycles. The van der Waals surface area contributed by atoms with Crippen LogP contribution in [0.25, 0.3) is 0 Å². The Balaban J connectivity index is 1.29. The molecule has 4 rings (SSSR count). The molecule has 0 saturated carbocycles. The van der Waals surface area contributed by atoms with Crippen LogP contribution < -0.4 is 15.4 Å². The fourth-order valence-corrected chi connectivity index (χ4v) is 5.06. The fourth-order valence-electron chi connectivity index (χ4n) is 5.06. The van der Waals surface area contributed by atoms with Gasteiger partial charge in [0.2, 0.25) is 5.91 Å². The number of para-hydroxylation sites is 1. The number of hydrogen-bond donors (Lipinski definition) is 3. The van der Waals surface area contributed by atoms with Crippen LogP contribution >= 0.6 is 0 Å². The summed E-state index contributed by atoms with van der Waals surface area (Å²) in [5, 5.41) is 16.0. The third-order valence-corrected chi connectivity index (χ3v) is 7.47. The Kier molecular flexibility index (Phi) is 12.1.